The minimum Gasteiger partial charge on any atom is -0.359 e. The Hall–Kier alpha value is -2.31. The monoisotopic (exact) mass is 303 g/mol. The van der Waals surface area contributed by atoms with E-state index in [0.717, 1.165) is 38.0 Å². The van der Waals surface area contributed by atoms with Crippen LogP contribution in [0, 0.1) is 6.92 Å². The zero-order valence-corrected chi connectivity index (χ0v) is 13.0. The molecule has 0 aliphatic carbocycles. The highest BCUT2D eigenvalue weighted by Gasteiger charge is 2.30. The molecule has 2 aromatic rings. The van der Waals surface area contributed by atoms with E-state index in [1.54, 1.807) is 12.5 Å². The maximum absolute atomic E-state index is 12.6. The molecule has 2 aromatic heterocycles. The van der Waals surface area contributed by atoms with Gasteiger partial charge in [0.2, 0.25) is 0 Å². The summed E-state index contributed by atoms with van der Waals surface area (Å²) < 4.78 is 7.18. The van der Waals surface area contributed by atoms with Gasteiger partial charge in [0.25, 0.3) is 0 Å². The van der Waals surface area contributed by atoms with E-state index in [4.69, 9.17) is 4.52 Å². The molecule has 1 aliphatic heterocycles. The van der Waals surface area contributed by atoms with Crippen molar-refractivity contribution >= 4 is 11.7 Å². The minimum absolute atomic E-state index is 0.0800. The third-order valence-electron chi connectivity index (χ3n) is 4.12. The second-order valence-corrected chi connectivity index (χ2v) is 5.59. The molecule has 0 saturated carbocycles. The lowest BCUT2D eigenvalue weighted by Gasteiger charge is -2.25. The van der Waals surface area contributed by atoms with Gasteiger partial charge in [-0.1, -0.05) is 12.1 Å². The average molecular weight is 303 g/mol. The van der Waals surface area contributed by atoms with Gasteiger partial charge in [0.1, 0.15) is 11.4 Å². The first-order valence-electron chi connectivity index (χ1n) is 7.67. The van der Waals surface area contributed by atoms with Crippen LogP contribution in [-0.4, -0.2) is 38.2 Å². The van der Waals surface area contributed by atoms with Crippen LogP contribution >= 0.6 is 0 Å². The van der Waals surface area contributed by atoms with E-state index in [9.17, 15) is 4.79 Å². The van der Waals surface area contributed by atoms with Gasteiger partial charge in [0.15, 0.2) is 5.76 Å². The molecular weight excluding hydrogens is 282 g/mol. The van der Waals surface area contributed by atoms with E-state index in [2.05, 4.69) is 15.5 Å². The summed E-state index contributed by atoms with van der Waals surface area (Å²) in [7, 11) is 0. The van der Waals surface area contributed by atoms with Crippen molar-refractivity contribution in [2.75, 3.05) is 11.9 Å². The van der Waals surface area contributed by atoms with Gasteiger partial charge in [-0.2, -0.15) is 0 Å². The number of aryl methyl sites for hydroxylation is 2. The van der Waals surface area contributed by atoms with Crippen molar-refractivity contribution in [3.05, 3.63) is 30.2 Å². The fourth-order valence-corrected chi connectivity index (χ4v) is 2.93. The summed E-state index contributed by atoms with van der Waals surface area (Å²) in [6.45, 7) is 5.35. The first kappa shape index (κ1) is 14.6. The Labute approximate surface area is 129 Å². The lowest BCUT2D eigenvalue weighted by molar-refractivity contribution is 0.201. The summed E-state index contributed by atoms with van der Waals surface area (Å²) in [6, 6.07) is 0.114. The van der Waals surface area contributed by atoms with Crippen LogP contribution in [0.4, 0.5) is 10.5 Å². The van der Waals surface area contributed by atoms with Crippen LogP contribution < -0.4 is 5.32 Å². The second kappa shape index (κ2) is 6.21. The van der Waals surface area contributed by atoms with Crippen LogP contribution in [-0.2, 0) is 13.0 Å². The fourth-order valence-electron chi connectivity index (χ4n) is 2.93. The molecule has 0 aromatic carbocycles. The quantitative estimate of drug-likeness (QED) is 0.941. The van der Waals surface area contributed by atoms with Crippen molar-refractivity contribution in [2.45, 2.75) is 45.7 Å². The molecule has 22 heavy (non-hydrogen) atoms. The second-order valence-electron chi connectivity index (χ2n) is 5.59. The number of rotatable bonds is 4. The largest absolute Gasteiger partial charge is 0.359 e. The van der Waals surface area contributed by atoms with Crippen molar-refractivity contribution in [1.82, 2.24) is 19.6 Å². The lowest BCUT2D eigenvalue weighted by Crippen LogP contribution is -2.40. The predicted molar refractivity (Wildman–Crippen MR) is 81.6 cm³/mol. The van der Waals surface area contributed by atoms with Gasteiger partial charge >= 0.3 is 6.03 Å². The molecule has 0 bridgehead atoms. The smallest absolute Gasteiger partial charge is 0.322 e. The molecule has 1 aliphatic rings. The summed E-state index contributed by atoms with van der Waals surface area (Å²) in [5, 5.41) is 6.94. The molecule has 7 nitrogen and oxygen atoms in total. The highest BCUT2D eigenvalue weighted by molar-refractivity contribution is 5.90. The van der Waals surface area contributed by atoms with Crippen molar-refractivity contribution in [3.63, 3.8) is 0 Å². The van der Waals surface area contributed by atoms with Crippen LogP contribution in [0.1, 0.15) is 31.2 Å². The van der Waals surface area contributed by atoms with Crippen molar-refractivity contribution < 1.29 is 9.32 Å². The standard InChI is InChI=1S/C15H21N5O2/c1-3-13-14(11(2)22-18-13)17-15(21)20-7-4-5-12(20)9-19-8-6-16-10-19/h6,8,10,12H,3-5,7,9H2,1-2H3,(H,17,21)/t12-/m1/s1. The van der Waals surface area contributed by atoms with Crippen molar-refractivity contribution in [1.29, 1.82) is 0 Å². The molecule has 1 N–H and O–H groups in total. The number of anilines is 1. The fraction of sp³-hybridized carbons (Fsp3) is 0.533. The Morgan fingerprint density at radius 3 is 3.14 bits per heavy atom. The molecule has 2 amide bonds. The third kappa shape index (κ3) is 2.84. The van der Waals surface area contributed by atoms with Gasteiger partial charge in [0, 0.05) is 25.5 Å². The first-order chi connectivity index (χ1) is 10.7. The van der Waals surface area contributed by atoms with E-state index in [0.29, 0.717) is 11.4 Å². The van der Waals surface area contributed by atoms with Gasteiger partial charge in [0.05, 0.1) is 12.4 Å². The van der Waals surface area contributed by atoms with Crippen LogP contribution in [0.3, 0.4) is 0 Å². The number of nitrogens with one attached hydrogen (secondary N) is 1. The number of likely N-dealkylation sites (tertiary alicyclic amines) is 1. The summed E-state index contributed by atoms with van der Waals surface area (Å²) >= 11 is 0. The Bertz CT molecular complexity index is 634. The summed E-state index contributed by atoms with van der Waals surface area (Å²) in [5.74, 6) is 0.649. The molecule has 7 heteroatoms. The number of amides is 2. The number of aromatic nitrogens is 3. The third-order valence-corrected chi connectivity index (χ3v) is 4.12. The maximum atomic E-state index is 12.6. The highest BCUT2D eigenvalue weighted by Crippen LogP contribution is 2.24. The van der Waals surface area contributed by atoms with Gasteiger partial charge in [-0.15, -0.1) is 0 Å². The van der Waals surface area contributed by atoms with Gasteiger partial charge in [-0.05, 0) is 26.2 Å². The normalized spacial score (nSPS) is 17.9. The minimum atomic E-state index is -0.0800. The van der Waals surface area contributed by atoms with Crippen molar-refractivity contribution in [2.24, 2.45) is 0 Å². The van der Waals surface area contributed by atoms with E-state index in [-0.39, 0.29) is 12.1 Å². The van der Waals surface area contributed by atoms with Gasteiger partial charge < -0.3 is 19.3 Å². The molecule has 1 saturated heterocycles. The molecule has 118 valence electrons. The zero-order chi connectivity index (χ0) is 15.5. The van der Waals surface area contributed by atoms with Crippen LogP contribution in [0.5, 0.6) is 0 Å². The lowest BCUT2D eigenvalue weighted by atomic mass is 10.2. The molecule has 1 fully saturated rings. The number of urea groups is 1. The Morgan fingerprint density at radius 1 is 1.55 bits per heavy atom. The zero-order valence-electron chi connectivity index (χ0n) is 13.0. The first-order valence-corrected chi connectivity index (χ1v) is 7.67. The topological polar surface area (TPSA) is 76.2 Å². The SMILES string of the molecule is CCc1noc(C)c1NC(=O)N1CCC[C@@H]1Cn1ccnc1. The molecule has 3 heterocycles. The summed E-state index contributed by atoms with van der Waals surface area (Å²) in [6.07, 6.45) is 8.23. The molecule has 3 rings (SSSR count). The molecule has 1 atom stereocenters. The Balaban J connectivity index is 1.69. The number of nitrogens with zero attached hydrogens (tertiary/aromatic N) is 4. The van der Waals surface area contributed by atoms with E-state index >= 15 is 0 Å². The number of carbonyl (C=O) groups is 1. The van der Waals surface area contributed by atoms with Crippen LogP contribution in [0.15, 0.2) is 23.2 Å². The molecule has 0 unspecified atom stereocenters. The number of imidazole rings is 1. The number of carbonyl (C=O) groups excluding carboxylic acids is 1. The number of hydrogen-bond acceptors (Lipinski definition) is 4. The Kier molecular flexibility index (Phi) is 4.13. The highest BCUT2D eigenvalue weighted by atomic mass is 16.5. The maximum Gasteiger partial charge on any atom is 0.322 e. The van der Waals surface area contributed by atoms with Crippen LogP contribution in [0.25, 0.3) is 0 Å². The summed E-state index contributed by atoms with van der Waals surface area (Å²) in [5.41, 5.74) is 1.50. The van der Waals surface area contributed by atoms with Crippen molar-refractivity contribution in [3.8, 4) is 0 Å². The predicted octanol–water partition coefficient (Wildman–Crippen LogP) is 2.44. The average Bonchev–Trinajstić information content (AvgIpc) is 3.23. The van der Waals surface area contributed by atoms with Gasteiger partial charge in [-0.25, -0.2) is 9.78 Å². The number of hydrogen-bond donors (Lipinski definition) is 1. The van der Waals surface area contributed by atoms with E-state index < -0.39 is 0 Å². The molecule has 0 spiro atoms. The molecular formula is C15H21N5O2. The molecule has 0 radical (unpaired) electrons. The summed E-state index contributed by atoms with van der Waals surface area (Å²) in [4.78, 5) is 18.5. The van der Waals surface area contributed by atoms with Crippen LogP contribution in [0.2, 0.25) is 0 Å². The van der Waals surface area contributed by atoms with E-state index in [1.165, 1.54) is 0 Å². The van der Waals surface area contributed by atoms with E-state index in [1.807, 2.05) is 29.5 Å². The Morgan fingerprint density at radius 2 is 2.41 bits per heavy atom. The van der Waals surface area contributed by atoms with Gasteiger partial charge in [-0.3, -0.25) is 0 Å².